The maximum absolute atomic E-state index is 2.56. The van der Waals surface area contributed by atoms with Crippen molar-refractivity contribution in [3.63, 3.8) is 0 Å². The van der Waals surface area contributed by atoms with Crippen LogP contribution in [-0.4, -0.2) is 15.8 Å². The number of nitrogens with zero attached hydrogens (tertiary/aromatic N) is 2. The SMILES string of the molecule is Cc1ccc2c(c1)B1c3c(ccc4c5cc(C)ccc5n-2c34)-n2c3cccc(C)c3c3cc(C)cc1c32. The van der Waals surface area contributed by atoms with Crippen LogP contribution in [0.3, 0.4) is 0 Å². The molecule has 2 aliphatic heterocycles. The van der Waals surface area contributed by atoms with E-state index in [1.807, 2.05) is 0 Å². The summed E-state index contributed by atoms with van der Waals surface area (Å²) in [5.41, 5.74) is 17.6. The number of hydrogen-bond acceptors (Lipinski definition) is 0. The molecule has 5 aromatic carbocycles. The fourth-order valence-corrected chi connectivity index (χ4v) is 7.58. The second-order valence-corrected chi connectivity index (χ2v) is 11.3. The standard InChI is InChI=1S/C34H25BN2/c1-18-8-11-27-23(14-18)22-10-13-30-32-34(22)36(27)28-12-9-19(2)16-25(28)35(32)26-17-20(3)15-24-31-21(4)6-5-7-29(31)37(30)33(24)26/h5-17H,1-4H3. The summed E-state index contributed by atoms with van der Waals surface area (Å²) in [7, 11) is 0. The molecule has 0 saturated heterocycles. The van der Waals surface area contributed by atoms with E-state index < -0.39 is 0 Å². The molecule has 2 aromatic heterocycles. The van der Waals surface area contributed by atoms with Gasteiger partial charge < -0.3 is 9.13 Å². The molecule has 0 amide bonds. The molecular formula is C34H25BN2. The molecule has 0 N–H and O–H groups in total. The molecule has 0 bridgehead atoms. The van der Waals surface area contributed by atoms with E-state index >= 15 is 0 Å². The van der Waals surface area contributed by atoms with Crippen molar-refractivity contribution in [2.24, 2.45) is 0 Å². The van der Waals surface area contributed by atoms with Crippen LogP contribution in [0.25, 0.3) is 55.0 Å². The van der Waals surface area contributed by atoms with Gasteiger partial charge in [0.25, 0.3) is 6.71 Å². The summed E-state index contributed by atoms with van der Waals surface area (Å²) in [6.45, 7) is 9.15. The third kappa shape index (κ3) is 2.21. The molecule has 2 nitrogen and oxygen atoms in total. The zero-order valence-corrected chi connectivity index (χ0v) is 21.5. The third-order valence-electron chi connectivity index (χ3n) is 8.94. The highest BCUT2D eigenvalue weighted by atomic mass is 15.0. The van der Waals surface area contributed by atoms with Gasteiger partial charge in [-0.1, -0.05) is 59.2 Å². The van der Waals surface area contributed by atoms with Crippen molar-refractivity contribution in [2.45, 2.75) is 27.7 Å². The van der Waals surface area contributed by atoms with Gasteiger partial charge in [0.1, 0.15) is 0 Å². The first-order valence-electron chi connectivity index (χ1n) is 13.2. The Hall–Kier alpha value is -4.24. The first-order valence-corrected chi connectivity index (χ1v) is 13.2. The maximum Gasteiger partial charge on any atom is 0.252 e. The number of aromatic nitrogens is 2. The predicted molar refractivity (Wildman–Crippen MR) is 159 cm³/mol. The van der Waals surface area contributed by atoms with Crippen LogP contribution in [0, 0.1) is 27.7 Å². The zero-order valence-electron chi connectivity index (χ0n) is 21.5. The second-order valence-electron chi connectivity index (χ2n) is 11.3. The van der Waals surface area contributed by atoms with Gasteiger partial charge in [0.15, 0.2) is 0 Å². The molecule has 2 aliphatic rings. The van der Waals surface area contributed by atoms with Gasteiger partial charge in [-0.05, 0) is 86.0 Å². The van der Waals surface area contributed by atoms with Crippen LogP contribution in [0.4, 0.5) is 0 Å². The molecule has 0 fully saturated rings. The summed E-state index contributed by atoms with van der Waals surface area (Å²) in [4.78, 5) is 0. The summed E-state index contributed by atoms with van der Waals surface area (Å²) in [5, 5.41) is 5.46. The number of hydrogen-bond donors (Lipinski definition) is 0. The van der Waals surface area contributed by atoms with Crippen molar-refractivity contribution in [1.29, 1.82) is 0 Å². The summed E-state index contributed by atoms with van der Waals surface area (Å²) < 4.78 is 5.11. The van der Waals surface area contributed by atoms with E-state index in [0.717, 1.165) is 0 Å². The molecule has 0 radical (unpaired) electrons. The van der Waals surface area contributed by atoms with E-state index in [1.165, 1.54) is 93.6 Å². The van der Waals surface area contributed by atoms with Gasteiger partial charge in [-0.3, -0.25) is 0 Å². The van der Waals surface area contributed by atoms with E-state index in [4.69, 9.17) is 0 Å². The quantitative estimate of drug-likeness (QED) is 0.231. The van der Waals surface area contributed by atoms with E-state index in [9.17, 15) is 0 Å². The van der Waals surface area contributed by atoms with Crippen LogP contribution >= 0.6 is 0 Å². The van der Waals surface area contributed by atoms with Crippen LogP contribution in [0.1, 0.15) is 22.3 Å². The van der Waals surface area contributed by atoms with E-state index in [0.29, 0.717) is 0 Å². The van der Waals surface area contributed by atoms with Gasteiger partial charge >= 0.3 is 0 Å². The lowest BCUT2D eigenvalue weighted by Gasteiger charge is -2.33. The summed E-state index contributed by atoms with van der Waals surface area (Å²) in [5.74, 6) is 0. The fraction of sp³-hybridized carbons (Fsp3) is 0.118. The van der Waals surface area contributed by atoms with Crippen LogP contribution in [0.5, 0.6) is 0 Å². The minimum absolute atomic E-state index is 0.214. The summed E-state index contributed by atoms with van der Waals surface area (Å²) in [6, 6.07) is 30.4. The Morgan fingerprint density at radius 3 is 2.16 bits per heavy atom. The normalized spacial score (nSPS) is 13.4. The predicted octanol–water partition coefficient (Wildman–Crippen LogP) is 6.26. The topological polar surface area (TPSA) is 9.86 Å². The molecule has 9 rings (SSSR count). The van der Waals surface area contributed by atoms with Crippen molar-refractivity contribution in [2.75, 3.05) is 0 Å². The first kappa shape index (κ1) is 19.9. The van der Waals surface area contributed by atoms with Gasteiger partial charge in [-0.25, -0.2) is 0 Å². The van der Waals surface area contributed by atoms with Gasteiger partial charge in [-0.2, -0.15) is 0 Å². The Morgan fingerprint density at radius 2 is 1.27 bits per heavy atom. The molecule has 0 saturated carbocycles. The van der Waals surface area contributed by atoms with Crippen LogP contribution in [0.15, 0.2) is 78.9 Å². The minimum atomic E-state index is 0.214. The average molecular weight is 472 g/mol. The third-order valence-corrected chi connectivity index (χ3v) is 8.94. The number of aryl methyl sites for hydroxylation is 4. The van der Waals surface area contributed by atoms with E-state index in [1.54, 1.807) is 0 Å². The monoisotopic (exact) mass is 472 g/mol. The molecule has 7 aromatic rings. The Kier molecular flexibility index (Phi) is 3.42. The Labute approximate surface area is 215 Å². The fourth-order valence-electron chi connectivity index (χ4n) is 7.58. The van der Waals surface area contributed by atoms with Gasteiger partial charge in [0, 0.05) is 38.4 Å². The number of benzene rings is 5. The lowest BCUT2D eigenvalue weighted by atomic mass is 9.34. The highest BCUT2D eigenvalue weighted by Gasteiger charge is 2.40. The van der Waals surface area contributed by atoms with Crippen molar-refractivity contribution < 1.29 is 0 Å². The van der Waals surface area contributed by atoms with Crippen LogP contribution < -0.4 is 16.4 Å². The summed E-state index contributed by atoms with van der Waals surface area (Å²) in [6.07, 6.45) is 0. The number of fused-ring (bicyclic) bond motifs is 11. The molecule has 0 spiro atoms. The molecule has 0 unspecified atom stereocenters. The Balaban J connectivity index is 1.61. The molecule has 174 valence electrons. The number of rotatable bonds is 0. The molecule has 0 atom stereocenters. The molecule has 3 heteroatoms. The van der Waals surface area contributed by atoms with Crippen molar-refractivity contribution in [3.05, 3.63) is 101 Å². The van der Waals surface area contributed by atoms with Crippen molar-refractivity contribution in [1.82, 2.24) is 9.13 Å². The van der Waals surface area contributed by atoms with Gasteiger partial charge in [0.05, 0.1) is 16.6 Å². The van der Waals surface area contributed by atoms with Crippen LogP contribution in [-0.2, 0) is 0 Å². The second kappa shape index (κ2) is 6.36. The van der Waals surface area contributed by atoms with E-state index in [2.05, 4.69) is 116 Å². The molecule has 4 heterocycles. The molecular weight excluding hydrogens is 447 g/mol. The lowest BCUT2D eigenvalue weighted by molar-refractivity contribution is 1.16. The van der Waals surface area contributed by atoms with Crippen molar-refractivity contribution >= 4 is 66.7 Å². The Bertz CT molecular complexity index is 2190. The minimum Gasteiger partial charge on any atom is -0.310 e. The zero-order chi connectivity index (χ0) is 24.7. The Morgan fingerprint density at radius 1 is 0.541 bits per heavy atom. The molecule has 0 aliphatic carbocycles. The summed E-state index contributed by atoms with van der Waals surface area (Å²) >= 11 is 0. The van der Waals surface area contributed by atoms with Crippen molar-refractivity contribution in [3.8, 4) is 11.4 Å². The highest BCUT2D eigenvalue weighted by Crippen LogP contribution is 2.40. The highest BCUT2D eigenvalue weighted by molar-refractivity contribution is 7.00. The van der Waals surface area contributed by atoms with E-state index in [-0.39, 0.29) is 6.71 Å². The van der Waals surface area contributed by atoms with Gasteiger partial charge in [0.2, 0.25) is 0 Å². The smallest absolute Gasteiger partial charge is 0.252 e. The lowest BCUT2D eigenvalue weighted by Crippen LogP contribution is -2.59. The average Bonchev–Trinajstić information content (AvgIpc) is 3.39. The largest absolute Gasteiger partial charge is 0.310 e. The van der Waals surface area contributed by atoms with Gasteiger partial charge in [-0.15, -0.1) is 0 Å². The first-order chi connectivity index (χ1) is 18.0. The molecule has 37 heavy (non-hydrogen) atoms. The van der Waals surface area contributed by atoms with Crippen LogP contribution in [0.2, 0.25) is 0 Å². The maximum atomic E-state index is 2.56.